The van der Waals surface area contributed by atoms with Crippen LogP contribution >= 0.6 is 0 Å². The molecule has 5 aromatic rings. The first kappa shape index (κ1) is 28.8. The molecule has 11 heteroatoms. The molecule has 0 saturated heterocycles. The van der Waals surface area contributed by atoms with Gasteiger partial charge >= 0.3 is 5.69 Å². The van der Waals surface area contributed by atoms with Gasteiger partial charge in [-0.1, -0.05) is 24.3 Å². The topological polar surface area (TPSA) is 131 Å². The van der Waals surface area contributed by atoms with Crippen LogP contribution in [0.5, 0.6) is 0 Å². The maximum absolute atomic E-state index is 14.0. The van der Waals surface area contributed by atoms with Gasteiger partial charge in [0, 0.05) is 36.4 Å². The first-order valence-electron chi connectivity index (χ1n) is 14.6. The lowest BCUT2D eigenvalue weighted by molar-refractivity contribution is -0.118. The SMILES string of the molecule is CN(C(=O)CCCN(C)C1CC1)c1cccc(-n2c(=O)n(-c3ccc(C(=O)Nc4ccccc4)cc3)c3c(N)ncnc32)c1. The zero-order valence-corrected chi connectivity index (χ0v) is 24.7. The molecule has 2 heterocycles. The third-order valence-corrected chi connectivity index (χ3v) is 7.99. The number of carbonyl (C=O) groups excluding carboxylic acids is 2. The van der Waals surface area contributed by atoms with Gasteiger partial charge in [-0.15, -0.1) is 0 Å². The van der Waals surface area contributed by atoms with Gasteiger partial charge in [0.2, 0.25) is 5.91 Å². The summed E-state index contributed by atoms with van der Waals surface area (Å²) < 4.78 is 2.89. The van der Waals surface area contributed by atoms with Gasteiger partial charge in [-0.3, -0.25) is 14.2 Å². The summed E-state index contributed by atoms with van der Waals surface area (Å²) in [6.07, 6.45) is 5.00. The molecule has 1 aliphatic rings. The number of nitrogen functional groups attached to an aromatic ring is 1. The second kappa shape index (κ2) is 12.1. The van der Waals surface area contributed by atoms with Gasteiger partial charge < -0.3 is 20.9 Å². The average molecular weight is 591 g/mol. The van der Waals surface area contributed by atoms with Crippen molar-refractivity contribution in [3.8, 4) is 11.4 Å². The highest BCUT2D eigenvalue weighted by atomic mass is 16.2. The third-order valence-electron chi connectivity index (χ3n) is 7.99. The highest BCUT2D eigenvalue weighted by Gasteiger charge is 2.26. The van der Waals surface area contributed by atoms with E-state index in [0.29, 0.717) is 51.9 Å². The second-order valence-corrected chi connectivity index (χ2v) is 11.0. The molecule has 3 N–H and O–H groups in total. The Bertz CT molecular complexity index is 1880. The molecule has 1 fully saturated rings. The molecular formula is C33H34N8O3. The smallest absolute Gasteiger partial charge is 0.339 e. The molecule has 0 radical (unpaired) electrons. The molecule has 6 rings (SSSR count). The summed E-state index contributed by atoms with van der Waals surface area (Å²) in [4.78, 5) is 52.3. The predicted octanol–water partition coefficient (Wildman–Crippen LogP) is 4.24. The number of nitrogens with one attached hydrogen (secondary N) is 1. The van der Waals surface area contributed by atoms with E-state index in [1.165, 1.54) is 28.3 Å². The lowest BCUT2D eigenvalue weighted by atomic mass is 10.2. The number of benzene rings is 3. The number of hydrogen-bond donors (Lipinski definition) is 2. The molecule has 11 nitrogen and oxygen atoms in total. The fourth-order valence-electron chi connectivity index (χ4n) is 5.34. The molecular weight excluding hydrogens is 556 g/mol. The van der Waals surface area contributed by atoms with Crippen molar-refractivity contribution < 1.29 is 9.59 Å². The van der Waals surface area contributed by atoms with Crippen LogP contribution in [0, 0.1) is 0 Å². The summed E-state index contributed by atoms with van der Waals surface area (Å²) in [5, 5.41) is 2.86. The van der Waals surface area contributed by atoms with E-state index in [-0.39, 0.29) is 17.6 Å². The Balaban J connectivity index is 1.29. The number of rotatable bonds is 10. The first-order chi connectivity index (χ1) is 21.3. The van der Waals surface area contributed by atoms with E-state index in [2.05, 4.69) is 27.2 Å². The van der Waals surface area contributed by atoms with Gasteiger partial charge in [0.1, 0.15) is 11.8 Å². The third kappa shape index (κ3) is 5.82. The lowest BCUT2D eigenvalue weighted by Gasteiger charge is -2.20. The van der Waals surface area contributed by atoms with Crippen LogP contribution in [0.1, 0.15) is 36.0 Å². The number of imidazole rings is 1. The molecule has 3 aromatic carbocycles. The van der Waals surface area contributed by atoms with Crippen LogP contribution in [0.3, 0.4) is 0 Å². The Morgan fingerprint density at radius 3 is 2.41 bits per heavy atom. The van der Waals surface area contributed by atoms with E-state index in [1.807, 2.05) is 24.3 Å². The summed E-state index contributed by atoms with van der Waals surface area (Å²) >= 11 is 0. The van der Waals surface area contributed by atoms with Crippen LogP contribution in [0.25, 0.3) is 22.5 Å². The van der Waals surface area contributed by atoms with Gasteiger partial charge in [-0.2, -0.15) is 0 Å². The van der Waals surface area contributed by atoms with Crippen molar-refractivity contribution >= 4 is 40.2 Å². The minimum absolute atomic E-state index is 0.00378. The molecule has 1 saturated carbocycles. The number of nitrogens with zero attached hydrogens (tertiary/aromatic N) is 6. The monoisotopic (exact) mass is 590 g/mol. The maximum atomic E-state index is 14.0. The zero-order chi connectivity index (χ0) is 30.8. The Morgan fingerprint density at radius 1 is 0.932 bits per heavy atom. The number of carbonyl (C=O) groups is 2. The minimum Gasteiger partial charge on any atom is -0.382 e. The molecule has 2 amide bonds. The summed E-state index contributed by atoms with van der Waals surface area (Å²) in [6, 6.07) is 23.7. The normalized spacial score (nSPS) is 12.9. The van der Waals surface area contributed by atoms with E-state index in [9.17, 15) is 14.4 Å². The number of amides is 2. The molecule has 0 bridgehead atoms. The van der Waals surface area contributed by atoms with Crippen LogP contribution in [0.2, 0.25) is 0 Å². The fraction of sp³-hybridized carbons (Fsp3) is 0.242. The summed E-state index contributed by atoms with van der Waals surface area (Å²) in [7, 11) is 3.85. The molecule has 0 spiro atoms. The van der Waals surface area contributed by atoms with Crippen LogP contribution in [0.15, 0.2) is 90.0 Å². The van der Waals surface area contributed by atoms with Gasteiger partial charge in [-0.25, -0.2) is 19.3 Å². The van der Waals surface area contributed by atoms with Crippen molar-refractivity contribution in [3.05, 3.63) is 101 Å². The van der Waals surface area contributed by atoms with Crippen molar-refractivity contribution in [3.63, 3.8) is 0 Å². The van der Waals surface area contributed by atoms with Crippen molar-refractivity contribution in [1.29, 1.82) is 0 Å². The van der Waals surface area contributed by atoms with E-state index >= 15 is 0 Å². The number of para-hydroxylation sites is 1. The van der Waals surface area contributed by atoms with Gasteiger partial charge in [-0.05, 0) is 87.5 Å². The maximum Gasteiger partial charge on any atom is 0.339 e. The van der Waals surface area contributed by atoms with E-state index in [0.717, 1.165) is 13.0 Å². The van der Waals surface area contributed by atoms with E-state index < -0.39 is 5.69 Å². The van der Waals surface area contributed by atoms with Crippen molar-refractivity contribution in [2.24, 2.45) is 0 Å². The van der Waals surface area contributed by atoms with Gasteiger partial charge in [0.15, 0.2) is 11.5 Å². The first-order valence-corrected chi connectivity index (χ1v) is 14.6. The Kier molecular flexibility index (Phi) is 7.95. The van der Waals surface area contributed by atoms with Crippen molar-refractivity contribution in [1.82, 2.24) is 24.0 Å². The minimum atomic E-state index is -0.414. The highest BCUT2D eigenvalue weighted by Crippen LogP contribution is 2.27. The van der Waals surface area contributed by atoms with Crippen LogP contribution in [0.4, 0.5) is 17.2 Å². The second-order valence-electron chi connectivity index (χ2n) is 11.0. The van der Waals surface area contributed by atoms with Gasteiger partial charge in [0.05, 0.1) is 11.4 Å². The molecule has 0 aliphatic heterocycles. The van der Waals surface area contributed by atoms with Crippen LogP contribution in [-0.4, -0.2) is 62.5 Å². The Morgan fingerprint density at radius 2 is 1.68 bits per heavy atom. The molecule has 0 atom stereocenters. The molecule has 0 unspecified atom stereocenters. The number of nitrogens with two attached hydrogens (primary N) is 1. The summed E-state index contributed by atoms with van der Waals surface area (Å²) in [6.45, 7) is 0.888. The summed E-state index contributed by atoms with van der Waals surface area (Å²) in [5.41, 5.74) is 9.33. The van der Waals surface area contributed by atoms with Crippen molar-refractivity contribution in [2.45, 2.75) is 31.7 Å². The molecule has 44 heavy (non-hydrogen) atoms. The number of anilines is 3. The van der Waals surface area contributed by atoms with Gasteiger partial charge in [0.25, 0.3) is 5.91 Å². The van der Waals surface area contributed by atoms with Crippen LogP contribution < -0.4 is 21.6 Å². The quantitative estimate of drug-likeness (QED) is 0.249. The fourth-order valence-corrected chi connectivity index (χ4v) is 5.34. The number of fused-ring (bicyclic) bond motifs is 1. The average Bonchev–Trinajstić information content (AvgIpc) is 3.85. The Labute approximate surface area is 254 Å². The molecule has 224 valence electrons. The van der Waals surface area contributed by atoms with Crippen LogP contribution in [-0.2, 0) is 4.79 Å². The number of aromatic nitrogens is 4. The standard InChI is InChI=1S/C33H34N8O3/c1-38(24-17-18-24)19-7-12-28(42)39(2)26-10-6-11-27(20-26)41-31-29(30(34)35-21-36-31)40(33(41)44)25-15-13-22(14-16-25)32(43)37-23-8-4-3-5-9-23/h3-6,8-11,13-16,20-21,24H,7,12,17-19H2,1-2H3,(H,37,43)(H2,34,35,36). The largest absolute Gasteiger partial charge is 0.382 e. The zero-order valence-electron chi connectivity index (χ0n) is 24.7. The summed E-state index contributed by atoms with van der Waals surface area (Å²) in [5.74, 6) is -0.133. The molecule has 1 aliphatic carbocycles. The Hall–Kier alpha value is -5.29. The van der Waals surface area contributed by atoms with Crippen molar-refractivity contribution in [2.75, 3.05) is 36.6 Å². The molecule has 2 aromatic heterocycles. The highest BCUT2D eigenvalue weighted by molar-refractivity contribution is 6.04. The number of hydrogen-bond acceptors (Lipinski definition) is 7. The predicted molar refractivity (Wildman–Crippen MR) is 172 cm³/mol. The van der Waals surface area contributed by atoms with E-state index in [1.54, 1.807) is 66.5 Å². The lowest BCUT2D eigenvalue weighted by Crippen LogP contribution is -2.28. The van der Waals surface area contributed by atoms with E-state index in [4.69, 9.17) is 5.73 Å².